The van der Waals surface area contributed by atoms with Crippen LogP contribution in [0.5, 0.6) is 0 Å². The molecule has 2 atom stereocenters. The van der Waals surface area contributed by atoms with Crippen molar-refractivity contribution >= 4 is 27.3 Å². The zero-order valence-corrected chi connectivity index (χ0v) is 11.0. The van der Waals surface area contributed by atoms with E-state index < -0.39 is 0 Å². The van der Waals surface area contributed by atoms with Gasteiger partial charge in [-0.25, -0.2) is 0 Å². The lowest BCUT2D eigenvalue weighted by molar-refractivity contribution is 0.446. The zero-order valence-electron chi connectivity index (χ0n) is 8.59. The second-order valence-electron chi connectivity index (χ2n) is 3.70. The van der Waals surface area contributed by atoms with Gasteiger partial charge in [0.1, 0.15) is 0 Å². The van der Waals surface area contributed by atoms with E-state index in [1.807, 2.05) is 6.92 Å². The van der Waals surface area contributed by atoms with Gasteiger partial charge < -0.3 is 11.1 Å². The summed E-state index contributed by atoms with van der Waals surface area (Å²) in [6.07, 6.45) is 0. The van der Waals surface area contributed by atoms with Gasteiger partial charge in [-0.2, -0.15) is 0 Å². The van der Waals surface area contributed by atoms with Crippen LogP contribution in [0.1, 0.15) is 18.7 Å². The van der Waals surface area contributed by atoms with Gasteiger partial charge in [0.25, 0.3) is 0 Å². The van der Waals surface area contributed by atoms with Crippen molar-refractivity contribution in [2.45, 2.75) is 26.4 Å². The molecule has 0 radical (unpaired) electrons. The lowest BCUT2D eigenvalue weighted by Gasteiger charge is -2.15. The maximum Gasteiger partial charge on any atom is 0.0300 e. The lowest BCUT2D eigenvalue weighted by Crippen LogP contribution is -2.32. The summed E-state index contributed by atoms with van der Waals surface area (Å²) >= 11 is 5.21. The molecule has 1 heterocycles. The van der Waals surface area contributed by atoms with E-state index in [4.69, 9.17) is 5.73 Å². The van der Waals surface area contributed by atoms with E-state index in [-0.39, 0.29) is 6.04 Å². The van der Waals surface area contributed by atoms with Crippen molar-refractivity contribution < 1.29 is 0 Å². The normalized spacial score (nSPS) is 15.4. The lowest BCUT2D eigenvalue weighted by atomic mass is 10.1. The first-order valence-electron chi connectivity index (χ1n) is 4.79. The molecule has 0 bridgehead atoms. The van der Waals surface area contributed by atoms with Gasteiger partial charge in [-0.15, -0.1) is 11.3 Å². The molecule has 1 aromatic rings. The van der Waals surface area contributed by atoms with Crippen LogP contribution in [0.3, 0.4) is 0 Å². The van der Waals surface area contributed by atoms with Crippen LogP contribution in [0.25, 0.3) is 0 Å². The number of halogens is 1. The highest BCUT2D eigenvalue weighted by Gasteiger charge is 2.06. The molecule has 2 nitrogen and oxygen atoms in total. The van der Waals surface area contributed by atoms with Crippen LogP contribution in [-0.2, 0) is 6.54 Å². The number of rotatable bonds is 5. The topological polar surface area (TPSA) is 38.0 Å². The maximum atomic E-state index is 5.77. The molecule has 0 spiro atoms. The van der Waals surface area contributed by atoms with Crippen molar-refractivity contribution in [1.82, 2.24) is 5.32 Å². The average molecular weight is 277 g/mol. The molecular formula is C10H17BrN2S. The maximum absolute atomic E-state index is 5.77. The summed E-state index contributed by atoms with van der Waals surface area (Å²) in [4.78, 5) is 1.36. The molecule has 0 saturated heterocycles. The Balaban J connectivity index is 2.22. The average Bonchev–Trinajstić information content (AvgIpc) is 2.51. The van der Waals surface area contributed by atoms with E-state index in [0.717, 1.165) is 13.1 Å². The first kappa shape index (κ1) is 12.2. The standard InChI is InChI=1S/C10H17BrN2S/c1-7(8(2)12)4-13-5-10-3-9(11)6-14-10/h3,6-8,13H,4-5,12H2,1-2H3. The number of nitrogens with one attached hydrogen (secondary N) is 1. The molecule has 0 amide bonds. The van der Waals surface area contributed by atoms with Gasteiger partial charge in [0.15, 0.2) is 0 Å². The smallest absolute Gasteiger partial charge is 0.0300 e. The van der Waals surface area contributed by atoms with E-state index in [9.17, 15) is 0 Å². The molecule has 0 aromatic carbocycles. The monoisotopic (exact) mass is 276 g/mol. The molecule has 1 rings (SSSR count). The molecular weight excluding hydrogens is 260 g/mol. The molecule has 3 N–H and O–H groups in total. The van der Waals surface area contributed by atoms with Crippen molar-refractivity contribution in [3.8, 4) is 0 Å². The Bertz CT molecular complexity index is 273. The molecule has 0 saturated carbocycles. The van der Waals surface area contributed by atoms with E-state index in [1.54, 1.807) is 11.3 Å². The second-order valence-corrected chi connectivity index (χ2v) is 5.61. The van der Waals surface area contributed by atoms with E-state index >= 15 is 0 Å². The van der Waals surface area contributed by atoms with Gasteiger partial charge in [0.05, 0.1) is 0 Å². The minimum Gasteiger partial charge on any atom is -0.328 e. The number of thiophene rings is 1. The van der Waals surface area contributed by atoms with E-state index in [0.29, 0.717) is 5.92 Å². The summed E-state index contributed by atoms with van der Waals surface area (Å²) < 4.78 is 1.17. The Morgan fingerprint density at radius 3 is 2.79 bits per heavy atom. The predicted octanol–water partition coefficient (Wildman–Crippen LogP) is 2.58. The highest BCUT2D eigenvalue weighted by atomic mass is 79.9. The summed E-state index contributed by atoms with van der Waals surface area (Å²) in [7, 11) is 0. The van der Waals surface area contributed by atoms with Crippen molar-refractivity contribution in [3.63, 3.8) is 0 Å². The number of hydrogen-bond donors (Lipinski definition) is 2. The summed E-state index contributed by atoms with van der Waals surface area (Å²) in [6.45, 7) is 6.14. The van der Waals surface area contributed by atoms with Crippen LogP contribution in [0.15, 0.2) is 15.9 Å². The fraction of sp³-hybridized carbons (Fsp3) is 0.600. The van der Waals surface area contributed by atoms with Gasteiger partial charge in [-0.05, 0) is 41.4 Å². The minimum absolute atomic E-state index is 0.262. The molecule has 2 unspecified atom stereocenters. The number of nitrogens with two attached hydrogens (primary N) is 1. The fourth-order valence-corrected chi connectivity index (χ4v) is 2.48. The van der Waals surface area contributed by atoms with Gasteiger partial charge in [-0.1, -0.05) is 6.92 Å². The predicted molar refractivity (Wildman–Crippen MR) is 66.5 cm³/mol. The van der Waals surface area contributed by atoms with Gasteiger partial charge in [-0.3, -0.25) is 0 Å². The first-order chi connectivity index (χ1) is 6.59. The van der Waals surface area contributed by atoms with E-state index in [2.05, 4.69) is 39.6 Å². The molecule has 80 valence electrons. The van der Waals surface area contributed by atoms with Crippen LogP contribution in [0, 0.1) is 5.92 Å². The molecule has 0 aliphatic rings. The largest absolute Gasteiger partial charge is 0.328 e. The van der Waals surface area contributed by atoms with Crippen molar-refractivity contribution in [1.29, 1.82) is 0 Å². The molecule has 14 heavy (non-hydrogen) atoms. The molecule has 0 fully saturated rings. The number of hydrogen-bond acceptors (Lipinski definition) is 3. The van der Waals surface area contributed by atoms with Crippen molar-refractivity contribution in [2.75, 3.05) is 6.54 Å². The highest BCUT2D eigenvalue weighted by Crippen LogP contribution is 2.19. The third kappa shape index (κ3) is 4.09. The van der Waals surface area contributed by atoms with Gasteiger partial charge in [0.2, 0.25) is 0 Å². The first-order valence-corrected chi connectivity index (χ1v) is 6.46. The Morgan fingerprint density at radius 1 is 1.57 bits per heavy atom. The van der Waals surface area contributed by atoms with Crippen LogP contribution in [0.2, 0.25) is 0 Å². The Hall–Kier alpha value is 0.1000. The minimum atomic E-state index is 0.262. The van der Waals surface area contributed by atoms with Gasteiger partial charge in [0, 0.05) is 27.3 Å². The quantitative estimate of drug-likeness (QED) is 0.868. The Kier molecular flexibility index (Phi) is 5.09. The Morgan fingerprint density at radius 2 is 2.29 bits per heavy atom. The fourth-order valence-electron chi connectivity index (χ4n) is 1.06. The summed E-state index contributed by atoms with van der Waals surface area (Å²) in [5, 5.41) is 5.51. The third-order valence-electron chi connectivity index (χ3n) is 2.28. The van der Waals surface area contributed by atoms with Crippen molar-refractivity contribution in [3.05, 3.63) is 20.8 Å². The third-order valence-corrected chi connectivity index (χ3v) is 3.98. The van der Waals surface area contributed by atoms with Crippen LogP contribution in [0.4, 0.5) is 0 Å². The molecule has 0 aliphatic heterocycles. The van der Waals surface area contributed by atoms with Crippen molar-refractivity contribution in [2.24, 2.45) is 11.7 Å². The summed E-state index contributed by atoms with van der Waals surface area (Å²) in [5.74, 6) is 0.526. The molecule has 4 heteroatoms. The highest BCUT2D eigenvalue weighted by molar-refractivity contribution is 9.10. The van der Waals surface area contributed by atoms with E-state index in [1.165, 1.54) is 9.35 Å². The van der Waals surface area contributed by atoms with Crippen LogP contribution < -0.4 is 11.1 Å². The van der Waals surface area contributed by atoms with Crippen LogP contribution >= 0.6 is 27.3 Å². The SMILES string of the molecule is CC(N)C(C)CNCc1cc(Br)cs1. The van der Waals surface area contributed by atoms with Crippen LogP contribution in [-0.4, -0.2) is 12.6 Å². The van der Waals surface area contributed by atoms with Gasteiger partial charge >= 0.3 is 0 Å². The second kappa shape index (κ2) is 5.85. The zero-order chi connectivity index (χ0) is 10.6. The summed E-state index contributed by atoms with van der Waals surface area (Å²) in [6, 6.07) is 2.41. The Labute approximate surface area is 98.0 Å². The molecule has 0 aliphatic carbocycles. The molecule has 1 aromatic heterocycles. The summed E-state index contributed by atoms with van der Waals surface area (Å²) in [5.41, 5.74) is 5.77.